The summed E-state index contributed by atoms with van der Waals surface area (Å²) in [6, 6.07) is 8.43. The summed E-state index contributed by atoms with van der Waals surface area (Å²) in [6.07, 6.45) is 0.384. The predicted octanol–water partition coefficient (Wildman–Crippen LogP) is 1.48. The van der Waals surface area contributed by atoms with Gasteiger partial charge in [0.25, 0.3) is 0 Å². The number of rotatable bonds is 7. The second kappa shape index (κ2) is 7.95. The van der Waals surface area contributed by atoms with Crippen LogP contribution in [0, 0.1) is 0 Å². The Bertz CT molecular complexity index is 826. The molecule has 2 rings (SSSR count). The molecule has 0 radical (unpaired) electrons. The highest BCUT2D eigenvalue weighted by molar-refractivity contribution is 7.89. The number of ether oxygens (including phenoxy) is 2. The summed E-state index contributed by atoms with van der Waals surface area (Å²) in [6.45, 7) is 1.39. The van der Waals surface area contributed by atoms with Crippen LogP contribution in [0.4, 0.5) is 0 Å². The molecular weight excluding hydrogens is 350 g/mol. The van der Waals surface area contributed by atoms with Crippen LogP contribution in [0.5, 0.6) is 0 Å². The molecule has 25 heavy (non-hydrogen) atoms. The van der Waals surface area contributed by atoms with Gasteiger partial charge in [0.2, 0.25) is 10.0 Å². The summed E-state index contributed by atoms with van der Waals surface area (Å²) in [5, 5.41) is 0. The van der Waals surface area contributed by atoms with Gasteiger partial charge in [0.05, 0.1) is 30.4 Å². The number of methoxy groups -OCH3 is 1. The van der Waals surface area contributed by atoms with E-state index in [4.69, 9.17) is 9.15 Å². The van der Waals surface area contributed by atoms with E-state index in [9.17, 15) is 18.0 Å². The summed E-state index contributed by atoms with van der Waals surface area (Å²) in [7, 11) is -2.57. The molecule has 1 aromatic heterocycles. The smallest absolute Gasteiger partial charge is 0.346 e. The molecule has 1 atom stereocenters. The minimum absolute atomic E-state index is 0.00969. The van der Waals surface area contributed by atoms with E-state index in [1.54, 1.807) is 12.1 Å². The van der Waals surface area contributed by atoms with Crippen molar-refractivity contribution in [1.29, 1.82) is 0 Å². The van der Waals surface area contributed by atoms with E-state index < -0.39 is 28.1 Å². The van der Waals surface area contributed by atoms with Crippen LogP contribution >= 0.6 is 0 Å². The Morgan fingerprint density at radius 2 is 1.88 bits per heavy atom. The monoisotopic (exact) mass is 367 g/mol. The summed E-state index contributed by atoms with van der Waals surface area (Å²) in [5.74, 6) is -0.972. The first-order chi connectivity index (χ1) is 11.8. The van der Waals surface area contributed by atoms with Crippen molar-refractivity contribution in [2.24, 2.45) is 0 Å². The Morgan fingerprint density at radius 3 is 2.44 bits per heavy atom. The fourth-order valence-corrected chi connectivity index (χ4v) is 2.87. The molecule has 1 heterocycles. The van der Waals surface area contributed by atoms with Crippen molar-refractivity contribution in [3.05, 3.63) is 54.0 Å². The van der Waals surface area contributed by atoms with E-state index in [1.165, 1.54) is 44.6 Å². The molecule has 0 aliphatic heterocycles. The van der Waals surface area contributed by atoms with E-state index in [0.717, 1.165) is 0 Å². The van der Waals surface area contributed by atoms with Gasteiger partial charge >= 0.3 is 11.9 Å². The summed E-state index contributed by atoms with van der Waals surface area (Å²) >= 11 is 0. The third-order valence-corrected chi connectivity index (χ3v) is 4.65. The Kier molecular flexibility index (Phi) is 5.94. The molecule has 0 saturated heterocycles. The summed E-state index contributed by atoms with van der Waals surface area (Å²) < 4.78 is 41.2. The molecule has 1 aromatic carbocycles. The second-order valence-corrected chi connectivity index (χ2v) is 6.77. The van der Waals surface area contributed by atoms with Crippen molar-refractivity contribution in [3.63, 3.8) is 0 Å². The average molecular weight is 367 g/mol. The van der Waals surface area contributed by atoms with E-state index in [0.29, 0.717) is 5.76 Å². The molecule has 0 amide bonds. The van der Waals surface area contributed by atoms with Crippen LogP contribution in [-0.2, 0) is 30.8 Å². The van der Waals surface area contributed by atoms with Gasteiger partial charge in [-0.25, -0.2) is 22.7 Å². The molecule has 8 nitrogen and oxygen atoms in total. The summed E-state index contributed by atoms with van der Waals surface area (Å²) in [5.41, 5.74) is 0.112. The van der Waals surface area contributed by atoms with Crippen molar-refractivity contribution in [3.8, 4) is 0 Å². The highest BCUT2D eigenvalue weighted by Crippen LogP contribution is 2.13. The van der Waals surface area contributed by atoms with Gasteiger partial charge in [0.15, 0.2) is 6.10 Å². The Labute approximate surface area is 144 Å². The lowest BCUT2D eigenvalue weighted by Crippen LogP contribution is -2.25. The largest absolute Gasteiger partial charge is 0.468 e. The molecule has 0 unspecified atom stereocenters. The first-order valence-electron chi connectivity index (χ1n) is 7.24. The van der Waals surface area contributed by atoms with E-state index in [1.807, 2.05) is 0 Å². The number of benzene rings is 1. The third kappa shape index (κ3) is 4.91. The molecule has 134 valence electrons. The highest BCUT2D eigenvalue weighted by atomic mass is 32.2. The zero-order valence-corrected chi connectivity index (χ0v) is 14.4. The fourth-order valence-electron chi connectivity index (χ4n) is 1.88. The van der Waals surface area contributed by atoms with Crippen molar-refractivity contribution in [1.82, 2.24) is 4.72 Å². The van der Waals surface area contributed by atoms with Gasteiger partial charge < -0.3 is 13.9 Å². The number of hydrogen-bond acceptors (Lipinski definition) is 7. The maximum absolute atomic E-state index is 12.2. The standard InChI is InChI=1S/C16H17NO7S/c1-11(15(18)22-2)24-16(19)12-5-7-14(8-6-12)25(20,21)17-10-13-4-3-9-23-13/h3-9,11,17H,10H2,1-2H3/t11-/m1/s1. The van der Waals surface area contributed by atoms with E-state index >= 15 is 0 Å². The normalized spacial score (nSPS) is 12.4. The molecule has 1 N–H and O–H groups in total. The minimum atomic E-state index is -3.76. The van der Waals surface area contributed by atoms with Crippen molar-refractivity contribution < 1.29 is 31.9 Å². The molecule has 0 saturated carbocycles. The fraction of sp³-hybridized carbons (Fsp3) is 0.250. The molecule has 0 bridgehead atoms. The number of carbonyl (C=O) groups is 2. The lowest BCUT2D eigenvalue weighted by Gasteiger charge is -2.11. The second-order valence-electron chi connectivity index (χ2n) is 5.00. The lowest BCUT2D eigenvalue weighted by atomic mass is 10.2. The first-order valence-corrected chi connectivity index (χ1v) is 8.72. The van der Waals surface area contributed by atoms with Gasteiger partial charge in [-0.1, -0.05) is 0 Å². The Hall–Kier alpha value is -2.65. The molecular formula is C16H17NO7S. The van der Waals surface area contributed by atoms with Crippen LogP contribution in [0.25, 0.3) is 0 Å². The van der Waals surface area contributed by atoms with Crippen LogP contribution < -0.4 is 4.72 Å². The quantitative estimate of drug-likeness (QED) is 0.738. The van der Waals surface area contributed by atoms with Gasteiger partial charge in [-0.15, -0.1) is 0 Å². The number of nitrogens with one attached hydrogen (secondary N) is 1. The topological polar surface area (TPSA) is 112 Å². The van der Waals surface area contributed by atoms with Crippen LogP contribution in [-0.4, -0.2) is 33.6 Å². The van der Waals surface area contributed by atoms with Crippen LogP contribution in [0.15, 0.2) is 52.0 Å². The predicted molar refractivity (Wildman–Crippen MR) is 86.1 cm³/mol. The molecule has 2 aromatic rings. The van der Waals surface area contributed by atoms with Gasteiger partial charge in [-0.05, 0) is 43.3 Å². The first kappa shape index (κ1) is 18.7. The van der Waals surface area contributed by atoms with Gasteiger partial charge in [0.1, 0.15) is 5.76 Å². The van der Waals surface area contributed by atoms with E-state index in [-0.39, 0.29) is 17.0 Å². The molecule has 0 aliphatic carbocycles. The molecule has 0 fully saturated rings. The van der Waals surface area contributed by atoms with Crippen molar-refractivity contribution in [2.75, 3.05) is 7.11 Å². The zero-order valence-electron chi connectivity index (χ0n) is 13.6. The minimum Gasteiger partial charge on any atom is -0.468 e. The number of sulfonamides is 1. The maximum atomic E-state index is 12.2. The third-order valence-electron chi connectivity index (χ3n) is 3.23. The number of esters is 2. The lowest BCUT2D eigenvalue weighted by molar-refractivity contribution is -0.149. The molecule has 0 aliphatic rings. The Balaban J connectivity index is 2.03. The van der Waals surface area contributed by atoms with Crippen molar-refractivity contribution in [2.45, 2.75) is 24.5 Å². The van der Waals surface area contributed by atoms with Crippen LogP contribution in [0.1, 0.15) is 23.0 Å². The number of furan rings is 1. The van der Waals surface area contributed by atoms with Gasteiger partial charge in [-0.2, -0.15) is 0 Å². The maximum Gasteiger partial charge on any atom is 0.346 e. The average Bonchev–Trinajstić information content (AvgIpc) is 3.13. The number of carbonyl (C=O) groups excluding carboxylic acids is 2. The Morgan fingerprint density at radius 1 is 1.20 bits per heavy atom. The van der Waals surface area contributed by atoms with Crippen molar-refractivity contribution >= 4 is 22.0 Å². The zero-order chi connectivity index (χ0) is 18.4. The number of hydrogen-bond donors (Lipinski definition) is 1. The van der Waals surface area contributed by atoms with Crippen LogP contribution in [0.2, 0.25) is 0 Å². The SMILES string of the molecule is COC(=O)[C@@H](C)OC(=O)c1ccc(S(=O)(=O)NCc2ccco2)cc1. The van der Waals surface area contributed by atoms with Gasteiger partial charge in [0, 0.05) is 0 Å². The molecule has 0 spiro atoms. The highest BCUT2D eigenvalue weighted by Gasteiger charge is 2.20. The van der Waals surface area contributed by atoms with Crippen LogP contribution in [0.3, 0.4) is 0 Å². The summed E-state index contributed by atoms with van der Waals surface area (Å²) in [4.78, 5) is 23.1. The van der Waals surface area contributed by atoms with E-state index in [2.05, 4.69) is 9.46 Å². The molecule has 9 heteroatoms. The van der Waals surface area contributed by atoms with Gasteiger partial charge in [-0.3, -0.25) is 0 Å².